The molecule has 17 heavy (non-hydrogen) atoms. The standard InChI is InChI=1S/C15H23NO/c1-4-11-16(12-5-2)14-10-8-7-9-13(14)15(17)6-3/h4,7-10,15,17H,1,5-6,11-12H2,2-3H3. The van der Waals surface area contributed by atoms with E-state index in [4.69, 9.17) is 0 Å². The number of hydrogen-bond acceptors (Lipinski definition) is 2. The van der Waals surface area contributed by atoms with Crippen LogP contribution in [-0.2, 0) is 0 Å². The van der Waals surface area contributed by atoms with Crippen molar-refractivity contribution in [3.8, 4) is 0 Å². The number of para-hydroxylation sites is 1. The number of anilines is 1. The summed E-state index contributed by atoms with van der Waals surface area (Å²) in [6.07, 6.45) is 3.36. The van der Waals surface area contributed by atoms with E-state index in [0.717, 1.165) is 37.2 Å². The number of benzene rings is 1. The molecule has 1 atom stereocenters. The van der Waals surface area contributed by atoms with Crippen LogP contribution in [0.25, 0.3) is 0 Å². The van der Waals surface area contributed by atoms with Crippen molar-refractivity contribution in [1.82, 2.24) is 0 Å². The highest BCUT2D eigenvalue weighted by Crippen LogP contribution is 2.28. The van der Waals surface area contributed by atoms with Gasteiger partial charge in [-0.1, -0.05) is 38.1 Å². The molecule has 0 aliphatic heterocycles. The van der Waals surface area contributed by atoms with E-state index in [-0.39, 0.29) is 6.10 Å². The summed E-state index contributed by atoms with van der Waals surface area (Å²) < 4.78 is 0. The Morgan fingerprint density at radius 2 is 2.06 bits per heavy atom. The van der Waals surface area contributed by atoms with Gasteiger partial charge in [-0.15, -0.1) is 6.58 Å². The molecule has 0 amide bonds. The van der Waals surface area contributed by atoms with E-state index in [1.807, 2.05) is 31.2 Å². The van der Waals surface area contributed by atoms with Gasteiger partial charge < -0.3 is 10.0 Å². The molecule has 1 unspecified atom stereocenters. The van der Waals surface area contributed by atoms with Crippen molar-refractivity contribution in [3.63, 3.8) is 0 Å². The smallest absolute Gasteiger partial charge is 0.0807 e. The lowest BCUT2D eigenvalue weighted by Crippen LogP contribution is -2.25. The third-order valence-corrected chi connectivity index (χ3v) is 2.87. The first-order valence-electron chi connectivity index (χ1n) is 6.37. The zero-order chi connectivity index (χ0) is 12.7. The zero-order valence-electron chi connectivity index (χ0n) is 10.9. The minimum atomic E-state index is -0.379. The number of aliphatic hydroxyl groups excluding tert-OH is 1. The van der Waals surface area contributed by atoms with Crippen LogP contribution in [0.3, 0.4) is 0 Å². The minimum Gasteiger partial charge on any atom is -0.388 e. The van der Waals surface area contributed by atoms with Crippen molar-refractivity contribution in [2.75, 3.05) is 18.0 Å². The molecular formula is C15H23NO. The van der Waals surface area contributed by atoms with Crippen molar-refractivity contribution in [3.05, 3.63) is 42.5 Å². The molecule has 1 aromatic rings. The Hall–Kier alpha value is -1.28. The molecule has 0 aromatic heterocycles. The molecule has 2 nitrogen and oxygen atoms in total. The molecule has 1 rings (SSSR count). The van der Waals surface area contributed by atoms with Gasteiger partial charge in [0.1, 0.15) is 0 Å². The molecule has 0 bridgehead atoms. The molecule has 0 radical (unpaired) electrons. The van der Waals surface area contributed by atoms with Gasteiger partial charge >= 0.3 is 0 Å². The average molecular weight is 233 g/mol. The van der Waals surface area contributed by atoms with Crippen LogP contribution < -0.4 is 4.90 Å². The minimum absolute atomic E-state index is 0.379. The summed E-state index contributed by atoms with van der Waals surface area (Å²) in [5.74, 6) is 0. The highest BCUT2D eigenvalue weighted by molar-refractivity contribution is 5.55. The van der Waals surface area contributed by atoms with E-state index in [1.165, 1.54) is 0 Å². The second kappa shape index (κ2) is 7.13. The molecule has 0 heterocycles. The Labute approximate surface area is 105 Å². The Morgan fingerprint density at radius 3 is 2.65 bits per heavy atom. The Balaban J connectivity index is 3.03. The molecule has 1 aromatic carbocycles. The molecule has 94 valence electrons. The first kappa shape index (κ1) is 13.8. The predicted molar refractivity (Wildman–Crippen MR) is 74.4 cm³/mol. The van der Waals surface area contributed by atoms with Crippen LogP contribution in [0, 0.1) is 0 Å². The highest BCUT2D eigenvalue weighted by Gasteiger charge is 2.13. The summed E-state index contributed by atoms with van der Waals surface area (Å²) in [4.78, 5) is 2.27. The lowest BCUT2D eigenvalue weighted by atomic mass is 10.0. The Morgan fingerprint density at radius 1 is 1.35 bits per heavy atom. The van der Waals surface area contributed by atoms with Crippen LogP contribution in [0.2, 0.25) is 0 Å². The van der Waals surface area contributed by atoms with Gasteiger partial charge in [0.25, 0.3) is 0 Å². The van der Waals surface area contributed by atoms with Crippen LogP contribution in [0.1, 0.15) is 38.4 Å². The fourth-order valence-electron chi connectivity index (χ4n) is 2.01. The van der Waals surface area contributed by atoms with E-state index in [0.29, 0.717) is 0 Å². The molecule has 2 heteroatoms. The maximum Gasteiger partial charge on any atom is 0.0807 e. The maximum atomic E-state index is 10.0. The van der Waals surface area contributed by atoms with E-state index >= 15 is 0 Å². The summed E-state index contributed by atoms with van der Waals surface area (Å²) in [6, 6.07) is 8.09. The van der Waals surface area contributed by atoms with Gasteiger partial charge in [-0.25, -0.2) is 0 Å². The number of rotatable bonds is 7. The van der Waals surface area contributed by atoms with Gasteiger partial charge in [0.05, 0.1) is 6.10 Å². The molecule has 0 saturated carbocycles. The Kier molecular flexibility index (Phi) is 5.78. The third-order valence-electron chi connectivity index (χ3n) is 2.87. The fraction of sp³-hybridized carbons (Fsp3) is 0.467. The highest BCUT2D eigenvalue weighted by atomic mass is 16.3. The quantitative estimate of drug-likeness (QED) is 0.728. The van der Waals surface area contributed by atoms with Crippen molar-refractivity contribution in [2.45, 2.75) is 32.8 Å². The van der Waals surface area contributed by atoms with Crippen LogP contribution in [0.5, 0.6) is 0 Å². The van der Waals surface area contributed by atoms with E-state index < -0.39 is 0 Å². The van der Waals surface area contributed by atoms with Crippen molar-refractivity contribution < 1.29 is 5.11 Å². The molecule has 0 fully saturated rings. The molecule has 0 saturated heterocycles. The first-order valence-corrected chi connectivity index (χ1v) is 6.37. The maximum absolute atomic E-state index is 10.0. The summed E-state index contributed by atoms with van der Waals surface area (Å²) in [5, 5.41) is 10.0. The monoisotopic (exact) mass is 233 g/mol. The summed E-state index contributed by atoms with van der Waals surface area (Å²) in [5.41, 5.74) is 2.15. The van der Waals surface area contributed by atoms with Gasteiger partial charge in [0, 0.05) is 24.3 Å². The lowest BCUT2D eigenvalue weighted by Gasteiger charge is -2.27. The van der Waals surface area contributed by atoms with Crippen molar-refractivity contribution >= 4 is 5.69 Å². The van der Waals surface area contributed by atoms with Gasteiger partial charge in [0.2, 0.25) is 0 Å². The van der Waals surface area contributed by atoms with Crippen LogP contribution >= 0.6 is 0 Å². The van der Waals surface area contributed by atoms with Crippen LogP contribution in [-0.4, -0.2) is 18.2 Å². The second-order valence-corrected chi connectivity index (χ2v) is 4.22. The van der Waals surface area contributed by atoms with Gasteiger partial charge in [-0.05, 0) is 18.9 Å². The van der Waals surface area contributed by atoms with Gasteiger partial charge in [0.15, 0.2) is 0 Å². The molecule has 0 aliphatic carbocycles. The van der Waals surface area contributed by atoms with Crippen molar-refractivity contribution in [1.29, 1.82) is 0 Å². The van der Waals surface area contributed by atoms with Crippen LogP contribution in [0.15, 0.2) is 36.9 Å². The number of nitrogens with zero attached hydrogens (tertiary/aromatic N) is 1. The molecular weight excluding hydrogens is 210 g/mol. The van der Waals surface area contributed by atoms with Gasteiger partial charge in [-0.3, -0.25) is 0 Å². The van der Waals surface area contributed by atoms with E-state index in [9.17, 15) is 5.11 Å². The summed E-state index contributed by atoms with van der Waals surface area (Å²) in [7, 11) is 0. The second-order valence-electron chi connectivity index (χ2n) is 4.22. The normalized spacial score (nSPS) is 12.2. The predicted octanol–water partition coefficient (Wildman–Crippen LogP) is 3.53. The number of aliphatic hydroxyl groups is 1. The largest absolute Gasteiger partial charge is 0.388 e. The topological polar surface area (TPSA) is 23.5 Å². The van der Waals surface area contributed by atoms with Crippen LogP contribution in [0.4, 0.5) is 5.69 Å². The average Bonchev–Trinajstić information content (AvgIpc) is 2.37. The van der Waals surface area contributed by atoms with E-state index in [1.54, 1.807) is 0 Å². The molecule has 1 N–H and O–H groups in total. The summed E-state index contributed by atoms with van der Waals surface area (Å²) in [6.45, 7) is 9.77. The fourth-order valence-corrected chi connectivity index (χ4v) is 2.01. The van der Waals surface area contributed by atoms with Crippen molar-refractivity contribution in [2.24, 2.45) is 0 Å². The zero-order valence-corrected chi connectivity index (χ0v) is 10.9. The first-order chi connectivity index (χ1) is 8.24. The molecule has 0 spiro atoms. The van der Waals surface area contributed by atoms with Gasteiger partial charge in [-0.2, -0.15) is 0 Å². The SMILES string of the molecule is C=CCN(CCC)c1ccccc1C(O)CC. The summed E-state index contributed by atoms with van der Waals surface area (Å²) >= 11 is 0. The van der Waals surface area contributed by atoms with E-state index in [2.05, 4.69) is 24.5 Å². The Bertz CT molecular complexity index is 349. The molecule has 0 aliphatic rings. The lowest BCUT2D eigenvalue weighted by molar-refractivity contribution is 0.174. The third kappa shape index (κ3) is 3.60. The number of hydrogen-bond donors (Lipinski definition) is 1.